The van der Waals surface area contributed by atoms with Crippen LogP contribution in [0.4, 0.5) is 18.9 Å². The molecule has 0 radical (unpaired) electrons. The van der Waals surface area contributed by atoms with E-state index in [9.17, 15) is 76.7 Å². The molecule has 0 bridgehead atoms. The van der Waals surface area contributed by atoms with E-state index in [1.54, 1.807) is 71.9 Å². The number of alkyl halides is 3. The second-order valence-electron chi connectivity index (χ2n) is 26.8. The third-order valence-corrected chi connectivity index (χ3v) is 16.2. The van der Waals surface area contributed by atoms with Gasteiger partial charge >= 0.3 is 18.1 Å². The molecule has 0 unspecified atom stereocenters. The van der Waals surface area contributed by atoms with E-state index in [-0.39, 0.29) is 73.5 Å². The molecule has 15 atom stereocenters. The first-order chi connectivity index (χ1) is 49.4. The molecule has 35 nitrogen and oxygen atoms in total. The van der Waals surface area contributed by atoms with E-state index in [0.717, 1.165) is 6.92 Å². The van der Waals surface area contributed by atoms with Crippen molar-refractivity contribution in [1.29, 1.82) is 0 Å². The van der Waals surface area contributed by atoms with E-state index in [1.807, 2.05) is 19.2 Å². The Balaban J connectivity index is 0.00000517. The summed E-state index contributed by atoms with van der Waals surface area (Å²) in [4.78, 5) is 185. The Morgan fingerprint density at radius 1 is 0.632 bits per heavy atom. The predicted octanol–water partition coefficient (Wildman–Crippen LogP) is -2.77. The van der Waals surface area contributed by atoms with Crippen molar-refractivity contribution in [2.75, 3.05) is 25.0 Å². The monoisotopic (exact) mass is 1520 g/mol. The van der Waals surface area contributed by atoms with Gasteiger partial charge in [0.15, 0.2) is 29.3 Å². The predicted molar refractivity (Wildman–Crippen MR) is 381 cm³/mol. The van der Waals surface area contributed by atoms with Crippen LogP contribution in [0.5, 0.6) is 0 Å². The second kappa shape index (κ2) is 44.8. The zero-order chi connectivity index (χ0) is 80.6. The topological polar surface area (TPSA) is 567 Å². The zero-order valence-electron chi connectivity index (χ0n) is 60.8. The SMILES string of the molecule is CC[C@H](C)[C@@H]1NC(=O)[C@@H](CCCN=C(N)N)NC(=O)[C@H](CC(C)C)NC(=O)[C@H]([C@H](O)C(C)C)NC(=O)[C@@H](NC(=O)[C@H](CC(C)C)NC(=O)[C@@H](CC(C)C)NC(=S)Nc2ccccc2)[C@@H](c2ccccc2)OC(=O)[C@H](CO)NC(=O)[C@H]([C@H](O)C(N)=O)NC(=O)CNC(=O)[C@H]([C@H](C)O)NC1=O.O=C(O)C(F)(F)F. The Morgan fingerprint density at radius 3 is 1.63 bits per heavy atom. The molecule has 592 valence electrons. The average Bonchev–Trinajstić information content (AvgIpc) is 0.781. The van der Waals surface area contributed by atoms with Crippen LogP contribution in [0.15, 0.2) is 65.7 Å². The number of hydrogen-bond acceptors (Lipinski definition) is 20. The van der Waals surface area contributed by atoms with Crippen molar-refractivity contribution in [1.82, 2.24) is 58.5 Å². The highest BCUT2D eigenvalue weighted by atomic mass is 32.1. The van der Waals surface area contributed by atoms with Crippen LogP contribution in [-0.4, -0.2) is 218 Å². The van der Waals surface area contributed by atoms with Crippen LogP contribution in [0.2, 0.25) is 0 Å². The summed E-state index contributed by atoms with van der Waals surface area (Å²) in [6.45, 7) is 15.4. The van der Waals surface area contributed by atoms with Gasteiger partial charge in [0.05, 0.1) is 25.4 Å². The summed E-state index contributed by atoms with van der Waals surface area (Å²) >= 11 is 5.59. The van der Waals surface area contributed by atoms with Gasteiger partial charge in [-0.25, -0.2) is 9.59 Å². The Morgan fingerprint density at radius 2 is 1.13 bits per heavy atom. The number of aliphatic imine (C=N–C) groups is 1. The number of carboxylic acids is 1. The molecule has 106 heavy (non-hydrogen) atoms. The van der Waals surface area contributed by atoms with Crippen molar-refractivity contribution in [3.8, 4) is 0 Å². The number of thiocarbonyl (C=S) groups is 1. The number of cyclic esters (lactones) is 1. The third-order valence-electron chi connectivity index (χ3n) is 16.0. The summed E-state index contributed by atoms with van der Waals surface area (Å²) < 4.78 is 37.7. The number of amides is 11. The number of aliphatic hydroxyl groups excluding tert-OH is 4. The van der Waals surface area contributed by atoms with E-state index in [2.05, 4.69) is 63.5 Å². The number of para-hydroxylation sites is 1. The van der Waals surface area contributed by atoms with Gasteiger partial charge in [-0.15, -0.1) is 0 Å². The maximum Gasteiger partial charge on any atom is 0.490 e. The number of primary amides is 1. The zero-order valence-corrected chi connectivity index (χ0v) is 61.6. The Bertz CT molecular complexity index is 3340. The van der Waals surface area contributed by atoms with E-state index in [0.29, 0.717) is 5.69 Å². The Kier molecular flexibility index (Phi) is 39.0. The number of carbonyl (C=O) groups is 13. The largest absolute Gasteiger partial charge is 0.490 e. The lowest BCUT2D eigenvalue weighted by Gasteiger charge is -2.34. The third kappa shape index (κ3) is 31.8. The normalized spacial score (nSPS) is 22.6. The number of esters is 1. The molecular formula is C67H103F3N16O19S. The van der Waals surface area contributed by atoms with Gasteiger partial charge in [0.25, 0.3) is 0 Å². The summed E-state index contributed by atoms with van der Waals surface area (Å²) in [6, 6.07) is -2.08. The molecular weight excluding hydrogens is 1420 g/mol. The minimum Gasteiger partial charge on any atom is -0.475 e. The minimum atomic E-state index is -5.08. The molecule has 1 aliphatic heterocycles. The number of aliphatic hydroxyl groups is 4. The molecule has 2 aromatic rings. The van der Waals surface area contributed by atoms with Gasteiger partial charge in [-0.2, -0.15) is 13.2 Å². The van der Waals surface area contributed by atoms with Gasteiger partial charge in [-0.3, -0.25) is 57.7 Å². The fourth-order valence-corrected chi connectivity index (χ4v) is 10.4. The fraction of sp³-hybridized carbons (Fsp3) is 0.597. The number of aliphatic carboxylic acids is 1. The molecule has 23 N–H and O–H groups in total. The van der Waals surface area contributed by atoms with Gasteiger partial charge < -0.3 is 111 Å². The number of halogens is 3. The number of carboxylic acid groups (broad SMARTS) is 1. The maximum atomic E-state index is 15.6. The first-order valence-electron chi connectivity index (χ1n) is 34.1. The molecule has 0 aliphatic carbocycles. The molecule has 11 amide bonds. The number of nitrogens with two attached hydrogens (primary N) is 3. The summed E-state index contributed by atoms with van der Waals surface area (Å²) in [6.07, 6.45) is -13.3. The lowest BCUT2D eigenvalue weighted by Crippen LogP contribution is -2.64. The van der Waals surface area contributed by atoms with Crippen molar-refractivity contribution >= 4 is 106 Å². The first-order valence-corrected chi connectivity index (χ1v) is 34.5. The van der Waals surface area contributed by atoms with Crippen LogP contribution in [0.3, 0.4) is 0 Å². The van der Waals surface area contributed by atoms with Gasteiger partial charge in [-0.05, 0) is 98.5 Å². The second-order valence-corrected chi connectivity index (χ2v) is 27.2. The van der Waals surface area contributed by atoms with E-state index >= 15 is 14.4 Å². The van der Waals surface area contributed by atoms with Crippen molar-refractivity contribution in [2.45, 2.75) is 206 Å². The molecule has 1 saturated heterocycles. The van der Waals surface area contributed by atoms with E-state index < -0.39 is 199 Å². The standard InChI is InChI=1S/C65H102N16O17S.C2HF3O2/c1-12-35(10)45-59(93)79-46(36(11)83)58(92)70-29-44(84)77-48(51(86)53(66)87)61(95)75-43(30-82)63(97)98-52(37-20-15-13-16-21-37)49(81-57(91)41(27-32(4)5)73-56(90)42(28-33(6)7)76-65(99)71-38-22-17-14-18-23-38)62(96)80-47(50(85)34(8)9)60(94)74-40(26-31(2)3)55(89)72-39(54(88)78-45)24-19-25-69-64(67)68;3-2(4,5)1(6)7/h13-18,20-23,31-36,39-43,45-52,82-83,85-86H,12,19,24-30H2,1-11H3,(H2,66,87)(H,70,92)(H,72,89)(H,73,90)(H,74,94)(H,75,95)(H,77,84)(H,78,88)(H,79,93)(H,80,96)(H,81,91)(H4,67,68,69)(H2,71,76,99);(H,6,7)/t35-,36-,39+,40-,41-,42+,43-,45-,46-,47-,48-,49-,50+,51-,52+;/m0./s1. The number of anilines is 1. The highest BCUT2D eigenvalue weighted by Crippen LogP contribution is 2.25. The molecule has 2 aromatic carbocycles. The Labute approximate surface area is 616 Å². The summed E-state index contributed by atoms with van der Waals surface area (Å²) in [7, 11) is 0. The quantitative estimate of drug-likeness (QED) is 0.0157. The molecule has 1 fully saturated rings. The van der Waals surface area contributed by atoms with Crippen LogP contribution in [-0.2, 0) is 67.1 Å². The molecule has 1 aliphatic rings. The van der Waals surface area contributed by atoms with E-state index in [1.165, 1.54) is 44.2 Å². The fourth-order valence-electron chi connectivity index (χ4n) is 10.2. The van der Waals surface area contributed by atoms with Crippen LogP contribution < -0.4 is 81.0 Å². The number of hydrogen-bond donors (Lipinski definition) is 20. The lowest BCUT2D eigenvalue weighted by molar-refractivity contribution is -0.192. The van der Waals surface area contributed by atoms with Crippen molar-refractivity contribution in [2.24, 2.45) is 51.8 Å². The smallest absolute Gasteiger partial charge is 0.475 e. The molecule has 39 heteroatoms. The van der Waals surface area contributed by atoms with Crippen LogP contribution in [0.25, 0.3) is 0 Å². The maximum absolute atomic E-state index is 15.6. The first kappa shape index (κ1) is 92.2. The molecule has 0 saturated carbocycles. The summed E-state index contributed by atoms with van der Waals surface area (Å²) in [5, 5.41) is 82.0. The number of nitrogens with one attached hydrogen (secondary N) is 12. The van der Waals surface area contributed by atoms with Crippen LogP contribution in [0.1, 0.15) is 126 Å². The highest BCUT2D eigenvalue weighted by Gasteiger charge is 2.44. The van der Waals surface area contributed by atoms with Gasteiger partial charge in [0.2, 0.25) is 65.0 Å². The van der Waals surface area contributed by atoms with Crippen molar-refractivity contribution in [3.63, 3.8) is 0 Å². The minimum absolute atomic E-state index is 0.0384. The number of guanidine groups is 1. The number of nitrogens with zero attached hydrogens (tertiary/aromatic N) is 1. The van der Waals surface area contributed by atoms with Gasteiger partial charge in [0, 0.05) is 12.2 Å². The summed E-state index contributed by atoms with van der Waals surface area (Å²) in [5.41, 5.74) is 17.0. The molecule has 0 spiro atoms. The van der Waals surface area contributed by atoms with Gasteiger partial charge in [0.1, 0.15) is 54.4 Å². The number of rotatable bonds is 25. The summed E-state index contributed by atoms with van der Waals surface area (Å²) in [5.74, 6) is -20.2. The number of carbonyl (C=O) groups excluding carboxylic acids is 12. The van der Waals surface area contributed by atoms with Crippen molar-refractivity contribution < 1.29 is 106 Å². The molecule has 0 aromatic heterocycles. The molecule has 3 rings (SSSR count). The van der Waals surface area contributed by atoms with Gasteiger partial charge in [-0.1, -0.05) is 124 Å². The average molecular weight is 1530 g/mol. The molecule has 1 heterocycles. The van der Waals surface area contributed by atoms with Crippen LogP contribution >= 0.6 is 12.2 Å². The number of benzene rings is 2. The van der Waals surface area contributed by atoms with Crippen molar-refractivity contribution in [3.05, 3.63) is 66.2 Å². The highest BCUT2D eigenvalue weighted by molar-refractivity contribution is 7.80. The lowest BCUT2D eigenvalue weighted by atomic mass is 9.95. The Hall–Kier alpha value is -9.86. The van der Waals surface area contributed by atoms with Crippen LogP contribution in [0, 0.1) is 29.6 Å². The van der Waals surface area contributed by atoms with E-state index in [4.69, 9.17) is 44.1 Å². The number of ether oxygens (including phenoxy) is 1.